The minimum atomic E-state index is -4.19. The highest BCUT2D eigenvalue weighted by molar-refractivity contribution is 7.53. The Morgan fingerprint density at radius 1 is 0.768 bits per heavy atom. The maximum absolute atomic E-state index is 14.8. The van der Waals surface area contributed by atoms with Gasteiger partial charge in [-0.15, -0.1) is 0 Å². The van der Waals surface area contributed by atoms with E-state index in [4.69, 9.17) is 32.1 Å². The molecular weight excluding hydrogens is 950 g/mol. The maximum Gasteiger partial charge on any atom is 0.330 e. The third-order valence-electron chi connectivity index (χ3n) is 13.7. The van der Waals surface area contributed by atoms with Gasteiger partial charge in [0, 0.05) is 57.0 Å². The normalized spacial score (nSPS) is 24.2. The van der Waals surface area contributed by atoms with Crippen molar-refractivity contribution in [2.45, 2.75) is 205 Å². The van der Waals surface area contributed by atoms with Crippen LogP contribution in [0.15, 0.2) is 43.7 Å². The van der Waals surface area contributed by atoms with Crippen molar-refractivity contribution in [3.8, 4) is 0 Å². The van der Waals surface area contributed by atoms with Crippen LogP contribution < -0.4 is 27.8 Å². The number of aromatic amines is 2. The molecule has 3 N–H and O–H groups in total. The number of esters is 1. The molecule has 0 bridgehead atoms. The minimum absolute atomic E-state index is 0.00982. The van der Waals surface area contributed by atoms with E-state index in [1.807, 2.05) is 47.7 Å². The van der Waals surface area contributed by atoms with Crippen molar-refractivity contribution in [1.29, 1.82) is 0 Å². The Bertz CT molecular complexity index is 2340. The Morgan fingerprint density at radius 3 is 1.75 bits per heavy atom. The number of aromatic nitrogens is 4. The third kappa shape index (κ3) is 14.5. The molecule has 2 aromatic heterocycles. The summed E-state index contributed by atoms with van der Waals surface area (Å²) >= 11 is 0. The second-order valence-electron chi connectivity index (χ2n) is 20.6. The number of ether oxygens (including phenoxy) is 3. The summed E-state index contributed by atoms with van der Waals surface area (Å²) in [5, 5.41) is 2.46. The lowest BCUT2D eigenvalue weighted by Gasteiger charge is -2.45. The second-order valence-corrected chi connectivity index (χ2v) is 32.8. The molecule has 69 heavy (non-hydrogen) atoms. The summed E-state index contributed by atoms with van der Waals surface area (Å²) < 4.78 is 63.1. The standard InChI is InChI=1S/C46H78N5O15PSi2/c1-15-17-24-47-34(53)20-18-31(52)19-21-37(56)63-38-33(62-42(50-25-22-35(54)48-44(50)57)40(38)66-69(28(3)4,29(5)6)30(7)8)27-60-67(12,59)64-39-32(16-2)61-43(51-26-23-36(55)49-45(51)58)41(39)65-68(13,14)46(9,10)11/h22-23,25-26,28-30,32-33,38-43H,15-21,24,27H2,1-14H3,(H,47,53)(H,48,54,57)(H,49,55,58)/t32-,33-,38?,39?,40+,41+,42-,43-,67?/m1/s1. The van der Waals surface area contributed by atoms with E-state index in [-0.39, 0.29) is 59.0 Å². The number of unbranched alkanes of at least 4 members (excludes halogenated alkanes) is 1. The molecule has 4 rings (SSSR count). The van der Waals surface area contributed by atoms with Crippen LogP contribution in [-0.4, -0.2) is 110 Å². The van der Waals surface area contributed by atoms with Crippen LogP contribution in [0.25, 0.3) is 0 Å². The molecule has 0 radical (unpaired) electrons. The number of Topliss-reactive ketones (excluding diaryl/α,β-unsaturated/α-hetero) is 1. The molecule has 23 heteroatoms. The fraction of sp³-hybridized carbons (Fsp3) is 0.761. The first-order valence-electron chi connectivity index (χ1n) is 24.3. The van der Waals surface area contributed by atoms with Gasteiger partial charge in [0.2, 0.25) is 14.2 Å². The number of ketones is 1. The Labute approximate surface area is 407 Å². The highest BCUT2D eigenvalue weighted by Crippen LogP contribution is 2.53. The molecule has 0 aliphatic carbocycles. The van der Waals surface area contributed by atoms with Crippen LogP contribution in [0.2, 0.25) is 34.8 Å². The van der Waals surface area contributed by atoms with Crippen LogP contribution in [0.1, 0.15) is 134 Å². The number of carbonyl (C=O) groups excluding carboxylic acids is 3. The number of nitrogens with zero attached hydrogens (tertiary/aromatic N) is 2. The van der Waals surface area contributed by atoms with Gasteiger partial charge >= 0.3 is 24.9 Å². The first kappa shape index (κ1) is 58.0. The second kappa shape index (κ2) is 24.2. The summed E-state index contributed by atoms with van der Waals surface area (Å²) in [5.41, 5.74) is -2.77. The Kier molecular flexibility index (Phi) is 20.3. The molecule has 2 aromatic rings. The first-order valence-corrected chi connectivity index (χ1v) is 31.3. The van der Waals surface area contributed by atoms with E-state index >= 15 is 0 Å². The van der Waals surface area contributed by atoms with Crippen LogP contribution >= 0.6 is 7.60 Å². The van der Waals surface area contributed by atoms with Crippen molar-refractivity contribution >= 4 is 41.9 Å². The van der Waals surface area contributed by atoms with E-state index in [9.17, 15) is 38.1 Å². The Morgan fingerprint density at radius 2 is 1.28 bits per heavy atom. The van der Waals surface area contributed by atoms with E-state index in [0.717, 1.165) is 23.5 Å². The number of amides is 1. The number of carbonyl (C=O) groups is 3. The molecule has 20 nitrogen and oxygen atoms in total. The fourth-order valence-electron chi connectivity index (χ4n) is 9.05. The molecule has 0 spiro atoms. The maximum atomic E-state index is 14.8. The molecule has 2 aliphatic heterocycles. The summed E-state index contributed by atoms with van der Waals surface area (Å²) in [5.74, 6) is -1.36. The Balaban J connectivity index is 1.73. The Hall–Kier alpha value is -3.61. The molecule has 390 valence electrons. The SMILES string of the molecule is CCCCNC(=O)CCC(=O)CCC(=O)OC1[C@@H](COP(C)(=O)OC2[C@@H](CC)O[C@@H](n3ccc(=O)[nH]c3=O)[C@H]2O[Si](C)(C)C(C)(C)C)O[C@@H](n2ccc(=O)[nH]c2=O)[C@H]1O[Si](C(C)C)(C(C)C)C(C)C. The van der Waals surface area contributed by atoms with Crippen molar-refractivity contribution < 1.29 is 51.1 Å². The molecular formula is C46H78N5O15PSi2. The molecule has 1 amide bonds. The zero-order chi connectivity index (χ0) is 51.8. The van der Waals surface area contributed by atoms with E-state index < -0.39 is 108 Å². The van der Waals surface area contributed by atoms with Gasteiger partial charge in [0.25, 0.3) is 11.1 Å². The van der Waals surface area contributed by atoms with E-state index in [1.54, 1.807) is 0 Å². The highest BCUT2D eigenvalue weighted by atomic mass is 31.2. The average Bonchev–Trinajstić information content (AvgIpc) is 3.74. The number of rotatable bonds is 25. The van der Waals surface area contributed by atoms with Crippen molar-refractivity contribution in [2.24, 2.45) is 0 Å². The number of nitrogens with one attached hydrogen (secondary N) is 3. The first-order chi connectivity index (χ1) is 32.1. The summed E-state index contributed by atoms with van der Waals surface area (Å²) in [6.07, 6.45) is -4.94. The van der Waals surface area contributed by atoms with E-state index in [1.165, 1.54) is 29.7 Å². The number of hydrogen-bond donors (Lipinski definition) is 3. The van der Waals surface area contributed by atoms with Crippen molar-refractivity contribution in [3.05, 3.63) is 66.2 Å². The lowest BCUT2D eigenvalue weighted by atomic mass is 10.1. The van der Waals surface area contributed by atoms with Gasteiger partial charge in [0.05, 0.1) is 19.1 Å². The van der Waals surface area contributed by atoms with Gasteiger partial charge in [-0.1, -0.05) is 82.6 Å². The molecule has 2 aliphatic rings. The van der Waals surface area contributed by atoms with Crippen LogP contribution in [0, 0.1) is 0 Å². The van der Waals surface area contributed by atoms with Gasteiger partial charge in [0.1, 0.15) is 30.2 Å². The summed E-state index contributed by atoms with van der Waals surface area (Å²) in [6.45, 7) is 27.6. The third-order valence-corrected chi connectivity index (χ3v) is 25.5. The fourth-order valence-corrected chi connectivity index (χ4v) is 17.0. The zero-order valence-corrected chi connectivity index (χ0v) is 45.9. The smallest absolute Gasteiger partial charge is 0.330 e. The average molecular weight is 1030 g/mol. The van der Waals surface area contributed by atoms with Crippen molar-refractivity contribution in [1.82, 2.24) is 24.4 Å². The molecule has 0 aromatic carbocycles. The van der Waals surface area contributed by atoms with Crippen molar-refractivity contribution in [2.75, 3.05) is 19.8 Å². The lowest BCUT2D eigenvalue weighted by molar-refractivity contribution is -0.156. The lowest BCUT2D eigenvalue weighted by Crippen LogP contribution is -2.54. The zero-order valence-electron chi connectivity index (χ0n) is 43.0. The largest absolute Gasteiger partial charge is 0.457 e. The quantitative estimate of drug-likeness (QED) is 0.0420. The predicted octanol–water partition coefficient (Wildman–Crippen LogP) is 6.43. The molecule has 2 saturated heterocycles. The number of hydrogen-bond acceptors (Lipinski definition) is 15. The molecule has 4 heterocycles. The molecule has 9 atom stereocenters. The topological polar surface area (TPSA) is 255 Å². The van der Waals surface area contributed by atoms with E-state index in [0.29, 0.717) is 13.0 Å². The van der Waals surface area contributed by atoms with Crippen LogP contribution in [-0.2, 0) is 51.1 Å². The van der Waals surface area contributed by atoms with Gasteiger partial charge in [-0.3, -0.25) is 52.2 Å². The molecule has 2 fully saturated rings. The van der Waals surface area contributed by atoms with Gasteiger partial charge in [0.15, 0.2) is 26.9 Å². The monoisotopic (exact) mass is 1030 g/mol. The van der Waals surface area contributed by atoms with Gasteiger partial charge in [-0.05, 0) is 47.6 Å². The van der Waals surface area contributed by atoms with Crippen molar-refractivity contribution in [3.63, 3.8) is 0 Å². The molecule has 0 saturated carbocycles. The number of H-pyrrole nitrogens is 2. The van der Waals surface area contributed by atoms with Crippen LogP contribution in [0.4, 0.5) is 0 Å². The molecule has 3 unspecified atom stereocenters. The van der Waals surface area contributed by atoms with Gasteiger partial charge in [-0.2, -0.15) is 0 Å². The van der Waals surface area contributed by atoms with Crippen LogP contribution in [0.5, 0.6) is 0 Å². The predicted molar refractivity (Wildman–Crippen MR) is 264 cm³/mol. The van der Waals surface area contributed by atoms with Gasteiger partial charge < -0.3 is 32.9 Å². The van der Waals surface area contributed by atoms with Crippen LogP contribution in [0.3, 0.4) is 0 Å². The van der Waals surface area contributed by atoms with E-state index in [2.05, 4.69) is 56.8 Å². The van der Waals surface area contributed by atoms with Gasteiger partial charge in [-0.25, -0.2) is 9.59 Å². The highest BCUT2D eigenvalue weighted by Gasteiger charge is 2.57. The summed E-state index contributed by atoms with van der Waals surface area (Å²) in [4.78, 5) is 94.7. The summed E-state index contributed by atoms with van der Waals surface area (Å²) in [7, 11) is -9.77. The summed E-state index contributed by atoms with van der Waals surface area (Å²) in [6, 6.07) is 2.34. The minimum Gasteiger partial charge on any atom is -0.457 e.